The van der Waals surface area contributed by atoms with Crippen LogP contribution < -0.4 is 10.1 Å². The van der Waals surface area contributed by atoms with Crippen LogP contribution in [0.3, 0.4) is 0 Å². The van der Waals surface area contributed by atoms with E-state index in [0.717, 1.165) is 10.8 Å². The van der Waals surface area contributed by atoms with Gasteiger partial charge in [0.15, 0.2) is 6.10 Å². The first kappa shape index (κ1) is 14.1. The van der Waals surface area contributed by atoms with Crippen molar-refractivity contribution in [1.29, 1.82) is 0 Å². The highest BCUT2D eigenvalue weighted by atomic mass is 16.5. The minimum Gasteiger partial charge on any atom is -0.480 e. The molecule has 1 amide bonds. The van der Waals surface area contributed by atoms with Crippen molar-refractivity contribution in [1.82, 2.24) is 4.98 Å². The molecule has 0 aliphatic rings. The summed E-state index contributed by atoms with van der Waals surface area (Å²) in [5, 5.41) is 4.86. The summed E-state index contributed by atoms with van der Waals surface area (Å²) in [6.07, 6.45) is 2.65. The maximum atomic E-state index is 12.2. The standard InChI is InChI=1S/C18H16N2O2/c1-13(18(21)20-15-8-5-11-19-12-15)22-17-10-4-7-14-6-2-3-9-16(14)17/h2-13H,1H3,(H,20,21)/t13-/m0/s1. The SMILES string of the molecule is C[C@H](Oc1cccc2ccccc12)C(=O)Nc1cccnc1. The third-order valence-corrected chi connectivity index (χ3v) is 3.35. The Morgan fingerprint density at radius 1 is 1.09 bits per heavy atom. The van der Waals surface area contributed by atoms with E-state index in [1.54, 1.807) is 31.5 Å². The molecule has 0 fully saturated rings. The summed E-state index contributed by atoms with van der Waals surface area (Å²) in [7, 11) is 0. The number of amides is 1. The number of carbonyl (C=O) groups is 1. The number of benzene rings is 2. The molecule has 0 spiro atoms. The molecule has 0 saturated heterocycles. The van der Waals surface area contributed by atoms with Crippen molar-refractivity contribution in [2.75, 3.05) is 5.32 Å². The lowest BCUT2D eigenvalue weighted by Crippen LogP contribution is -2.30. The molecule has 1 aromatic heterocycles. The molecule has 3 aromatic rings. The number of hydrogen-bond donors (Lipinski definition) is 1. The van der Waals surface area contributed by atoms with Gasteiger partial charge in [0.25, 0.3) is 5.91 Å². The second kappa shape index (κ2) is 6.26. The van der Waals surface area contributed by atoms with Crippen molar-refractivity contribution in [3.8, 4) is 5.75 Å². The maximum absolute atomic E-state index is 12.2. The molecule has 4 heteroatoms. The van der Waals surface area contributed by atoms with E-state index in [-0.39, 0.29) is 5.91 Å². The van der Waals surface area contributed by atoms with Crippen LogP contribution in [0.4, 0.5) is 5.69 Å². The van der Waals surface area contributed by atoms with Crippen molar-refractivity contribution in [2.24, 2.45) is 0 Å². The molecule has 0 aliphatic heterocycles. The molecule has 4 nitrogen and oxygen atoms in total. The third kappa shape index (κ3) is 3.06. The molecule has 1 heterocycles. The summed E-state index contributed by atoms with van der Waals surface area (Å²) in [5.74, 6) is 0.493. The van der Waals surface area contributed by atoms with Gasteiger partial charge in [-0.2, -0.15) is 0 Å². The Kier molecular flexibility index (Phi) is 4.01. The maximum Gasteiger partial charge on any atom is 0.265 e. The lowest BCUT2D eigenvalue weighted by atomic mass is 10.1. The Bertz CT molecular complexity index is 782. The monoisotopic (exact) mass is 292 g/mol. The topological polar surface area (TPSA) is 51.2 Å². The van der Waals surface area contributed by atoms with E-state index in [1.165, 1.54) is 0 Å². The van der Waals surface area contributed by atoms with Crippen LogP contribution in [0.5, 0.6) is 5.75 Å². The van der Waals surface area contributed by atoms with E-state index >= 15 is 0 Å². The van der Waals surface area contributed by atoms with Gasteiger partial charge in [-0.1, -0.05) is 36.4 Å². The highest BCUT2D eigenvalue weighted by molar-refractivity contribution is 5.94. The van der Waals surface area contributed by atoms with E-state index in [1.807, 2.05) is 42.5 Å². The van der Waals surface area contributed by atoms with Gasteiger partial charge in [0.2, 0.25) is 0 Å². The molecule has 0 saturated carbocycles. The van der Waals surface area contributed by atoms with Crippen LogP contribution >= 0.6 is 0 Å². The van der Waals surface area contributed by atoms with Gasteiger partial charge in [-0.05, 0) is 30.5 Å². The minimum atomic E-state index is -0.606. The predicted octanol–water partition coefficient (Wildman–Crippen LogP) is 3.64. The Morgan fingerprint density at radius 3 is 2.73 bits per heavy atom. The molecular formula is C18H16N2O2. The van der Waals surface area contributed by atoms with Gasteiger partial charge in [-0.25, -0.2) is 0 Å². The summed E-state index contributed by atoms with van der Waals surface area (Å²) in [5.41, 5.74) is 0.654. The van der Waals surface area contributed by atoms with Crippen molar-refractivity contribution in [3.05, 3.63) is 67.0 Å². The fourth-order valence-electron chi connectivity index (χ4n) is 2.22. The number of fused-ring (bicyclic) bond motifs is 1. The van der Waals surface area contributed by atoms with Crippen molar-refractivity contribution < 1.29 is 9.53 Å². The van der Waals surface area contributed by atoms with Gasteiger partial charge < -0.3 is 10.1 Å². The normalized spacial score (nSPS) is 11.9. The second-order valence-electron chi connectivity index (χ2n) is 4.97. The molecule has 2 aromatic carbocycles. The molecule has 1 N–H and O–H groups in total. The average Bonchev–Trinajstić information content (AvgIpc) is 2.56. The van der Waals surface area contributed by atoms with Gasteiger partial charge in [0, 0.05) is 11.6 Å². The van der Waals surface area contributed by atoms with Crippen LogP contribution in [0, 0.1) is 0 Å². The van der Waals surface area contributed by atoms with Gasteiger partial charge in [0.05, 0.1) is 11.9 Å². The first-order chi connectivity index (χ1) is 10.7. The number of pyridine rings is 1. The summed E-state index contributed by atoms with van der Waals surface area (Å²) < 4.78 is 5.83. The minimum absolute atomic E-state index is 0.207. The molecule has 0 bridgehead atoms. The lowest BCUT2D eigenvalue weighted by Gasteiger charge is -2.16. The van der Waals surface area contributed by atoms with Gasteiger partial charge in [0.1, 0.15) is 5.75 Å². The zero-order valence-corrected chi connectivity index (χ0v) is 12.2. The lowest BCUT2D eigenvalue weighted by molar-refractivity contribution is -0.122. The van der Waals surface area contributed by atoms with Crippen LogP contribution in [0.1, 0.15) is 6.92 Å². The first-order valence-corrected chi connectivity index (χ1v) is 7.09. The fraction of sp³-hybridized carbons (Fsp3) is 0.111. The quantitative estimate of drug-likeness (QED) is 0.798. The van der Waals surface area contributed by atoms with E-state index in [4.69, 9.17) is 4.74 Å². The first-order valence-electron chi connectivity index (χ1n) is 7.09. The molecule has 3 rings (SSSR count). The smallest absolute Gasteiger partial charge is 0.265 e. The second-order valence-corrected chi connectivity index (χ2v) is 4.97. The van der Waals surface area contributed by atoms with Crippen molar-refractivity contribution >= 4 is 22.4 Å². The number of nitrogens with one attached hydrogen (secondary N) is 1. The van der Waals surface area contributed by atoms with Crippen LogP contribution in [0.25, 0.3) is 10.8 Å². The Balaban J connectivity index is 1.75. The van der Waals surface area contributed by atoms with E-state index in [0.29, 0.717) is 11.4 Å². The molecular weight excluding hydrogens is 276 g/mol. The number of nitrogens with zero attached hydrogens (tertiary/aromatic N) is 1. The summed E-state index contributed by atoms with van der Waals surface area (Å²) >= 11 is 0. The molecule has 0 aliphatic carbocycles. The van der Waals surface area contributed by atoms with Crippen LogP contribution in [0.2, 0.25) is 0 Å². The largest absolute Gasteiger partial charge is 0.480 e. The number of carbonyl (C=O) groups excluding carboxylic acids is 1. The average molecular weight is 292 g/mol. The van der Waals surface area contributed by atoms with Crippen LogP contribution in [0.15, 0.2) is 67.0 Å². The fourth-order valence-corrected chi connectivity index (χ4v) is 2.22. The highest BCUT2D eigenvalue weighted by Gasteiger charge is 2.16. The van der Waals surface area contributed by atoms with E-state index < -0.39 is 6.10 Å². The van der Waals surface area contributed by atoms with Crippen LogP contribution in [-0.4, -0.2) is 17.0 Å². The molecule has 22 heavy (non-hydrogen) atoms. The number of aromatic nitrogens is 1. The van der Waals surface area contributed by atoms with E-state index in [9.17, 15) is 4.79 Å². The summed E-state index contributed by atoms with van der Waals surface area (Å²) in [4.78, 5) is 16.2. The Labute approximate surface area is 128 Å². The van der Waals surface area contributed by atoms with Crippen molar-refractivity contribution in [2.45, 2.75) is 13.0 Å². The highest BCUT2D eigenvalue weighted by Crippen LogP contribution is 2.26. The molecule has 1 atom stereocenters. The van der Waals surface area contributed by atoms with E-state index in [2.05, 4.69) is 10.3 Å². The summed E-state index contributed by atoms with van der Waals surface area (Å²) in [6, 6.07) is 17.3. The predicted molar refractivity (Wildman–Crippen MR) is 86.9 cm³/mol. The summed E-state index contributed by atoms with van der Waals surface area (Å²) in [6.45, 7) is 1.73. The third-order valence-electron chi connectivity index (χ3n) is 3.35. The molecule has 0 unspecified atom stereocenters. The number of ether oxygens (including phenoxy) is 1. The van der Waals surface area contributed by atoms with Gasteiger partial charge in [-0.15, -0.1) is 0 Å². The molecule has 0 radical (unpaired) electrons. The number of hydrogen-bond acceptors (Lipinski definition) is 3. The van der Waals surface area contributed by atoms with Gasteiger partial charge in [-0.3, -0.25) is 9.78 Å². The molecule has 110 valence electrons. The van der Waals surface area contributed by atoms with Crippen molar-refractivity contribution in [3.63, 3.8) is 0 Å². The Morgan fingerprint density at radius 2 is 1.91 bits per heavy atom. The van der Waals surface area contributed by atoms with Gasteiger partial charge >= 0.3 is 0 Å². The number of rotatable bonds is 4. The number of anilines is 1. The zero-order valence-electron chi connectivity index (χ0n) is 12.2. The van der Waals surface area contributed by atoms with Crippen LogP contribution in [-0.2, 0) is 4.79 Å². The Hall–Kier alpha value is -2.88. The zero-order chi connectivity index (χ0) is 15.4.